The topological polar surface area (TPSA) is 72.9 Å². The van der Waals surface area contributed by atoms with Crippen LogP contribution in [0, 0.1) is 6.92 Å². The van der Waals surface area contributed by atoms with Gasteiger partial charge < -0.3 is 14.7 Å². The molecule has 168 valence electrons. The maximum atomic E-state index is 12.9. The Kier molecular flexibility index (Phi) is 6.66. The van der Waals surface area contributed by atoms with Gasteiger partial charge >= 0.3 is 0 Å². The number of aromatic nitrogens is 2. The fourth-order valence-electron chi connectivity index (χ4n) is 3.97. The van der Waals surface area contributed by atoms with Gasteiger partial charge in [0.2, 0.25) is 16.0 Å². The summed E-state index contributed by atoms with van der Waals surface area (Å²) in [5, 5.41) is 0.547. The number of likely N-dealkylation sites (N-methyl/N-ethyl adjacent to an activating group) is 1. The third-order valence-corrected chi connectivity index (χ3v) is 7.89. The molecule has 0 N–H and O–H groups in total. The van der Waals surface area contributed by atoms with E-state index >= 15 is 0 Å². The normalized spacial score (nSPS) is 19.1. The Morgan fingerprint density at radius 3 is 2.29 bits per heavy atom. The minimum absolute atomic E-state index is 0.0396. The molecular weight excluding hydrogens is 436 g/mol. The maximum Gasteiger partial charge on any atom is 0.227 e. The molecule has 0 spiro atoms. The summed E-state index contributed by atoms with van der Waals surface area (Å²) < 4.78 is 27.3. The lowest BCUT2D eigenvalue weighted by atomic mass is 10.2. The maximum absolute atomic E-state index is 12.9. The van der Waals surface area contributed by atoms with E-state index in [0.29, 0.717) is 42.7 Å². The molecule has 1 aromatic carbocycles. The Bertz CT molecular complexity index is 1020. The van der Waals surface area contributed by atoms with Gasteiger partial charge in [0.15, 0.2) is 0 Å². The van der Waals surface area contributed by atoms with Crippen LogP contribution in [0.3, 0.4) is 0 Å². The Hall–Kier alpha value is -1.94. The highest BCUT2D eigenvalue weighted by Crippen LogP contribution is 2.22. The lowest BCUT2D eigenvalue weighted by Crippen LogP contribution is -2.49. The summed E-state index contributed by atoms with van der Waals surface area (Å²) in [4.78, 5) is 16.1. The number of sulfonamides is 1. The zero-order valence-electron chi connectivity index (χ0n) is 18.0. The van der Waals surface area contributed by atoms with Crippen LogP contribution in [-0.2, 0) is 15.8 Å². The van der Waals surface area contributed by atoms with Crippen molar-refractivity contribution < 1.29 is 8.42 Å². The molecule has 0 atom stereocenters. The Balaban J connectivity index is 1.41. The van der Waals surface area contributed by atoms with Crippen LogP contribution in [0.5, 0.6) is 0 Å². The third kappa shape index (κ3) is 5.46. The Morgan fingerprint density at radius 1 is 0.935 bits per heavy atom. The van der Waals surface area contributed by atoms with Gasteiger partial charge in [0.25, 0.3) is 0 Å². The van der Waals surface area contributed by atoms with E-state index in [9.17, 15) is 8.42 Å². The molecule has 2 fully saturated rings. The van der Waals surface area contributed by atoms with Crippen LogP contribution in [0.25, 0.3) is 0 Å². The number of nitrogens with zero attached hydrogens (tertiary/aromatic N) is 6. The summed E-state index contributed by atoms with van der Waals surface area (Å²) in [6.07, 6.45) is 0. The van der Waals surface area contributed by atoms with E-state index in [1.807, 2.05) is 13.0 Å². The molecule has 0 saturated carbocycles. The zero-order chi connectivity index (χ0) is 22.0. The first kappa shape index (κ1) is 22.3. The first-order chi connectivity index (χ1) is 14.8. The van der Waals surface area contributed by atoms with Gasteiger partial charge in [-0.05, 0) is 31.7 Å². The van der Waals surface area contributed by atoms with E-state index in [4.69, 9.17) is 16.6 Å². The molecule has 2 aliphatic heterocycles. The molecule has 31 heavy (non-hydrogen) atoms. The van der Waals surface area contributed by atoms with E-state index in [-0.39, 0.29) is 5.75 Å². The molecule has 2 saturated heterocycles. The lowest BCUT2D eigenvalue weighted by Gasteiger charge is -2.36. The summed E-state index contributed by atoms with van der Waals surface area (Å²) >= 11 is 6.00. The minimum Gasteiger partial charge on any atom is -0.354 e. The summed E-state index contributed by atoms with van der Waals surface area (Å²) in [6, 6.07) is 9.04. The van der Waals surface area contributed by atoms with Gasteiger partial charge in [-0.3, -0.25) is 0 Å². The fraction of sp³-hybridized carbons (Fsp3) is 0.524. The molecule has 4 rings (SSSR count). The number of hydrogen-bond donors (Lipinski definition) is 0. The number of halogens is 1. The number of benzene rings is 1. The average Bonchev–Trinajstić information content (AvgIpc) is 2.73. The SMILES string of the molecule is Cc1cc(N2CCN(C)CC2)nc(N2CCN(S(=O)(=O)Cc3cccc(Cl)c3)CC2)n1. The first-order valence-corrected chi connectivity index (χ1v) is 12.6. The van der Waals surface area contributed by atoms with E-state index in [1.54, 1.807) is 28.6 Å². The number of piperazine rings is 2. The highest BCUT2D eigenvalue weighted by molar-refractivity contribution is 7.88. The van der Waals surface area contributed by atoms with Crippen LogP contribution in [0.4, 0.5) is 11.8 Å². The summed E-state index contributed by atoms with van der Waals surface area (Å²) in [5.74, 6) is 1.59. The Labute approximate surface area is 189 Å². The van der Waals surface area contributed by atoms with Crippen LogP contribution < -0.4 is 9.80 Å². The summed E-state index contributed by atoms with van der Waals surface area (Å²) in [6.45, 7) is 7.89. The largest absolute Gasteiger partial charge is 0.354 e. The van der Waals surface area contributed by atoms with E-state index in [2.05, 4.69) is 26.7 Å². The van der Waals surface area contributed by atoms with Gasteiger partial charge in [0.1, 0.15) is 5.82 Å². The van der Waals surface area contributed by atoms with Gasteiger partial charge in [-0.15, -0.1) is 0 Å². The second-order valence-corrected chi connectivity index (χ2v) is 10.6. The van der Waals surface area contributed by atoms with Crippen LogP contribution in [0.2, 0.25) is 5.02 Å². The average molecular weight is 465 g/mol. The van der Waals surface area contributed by atoms with Crippen LogP contribution in [0.1, 0.15) is 11.3 Å². The van der Waals surface area contributed by atoms with Gasteiger partial charge in [0.05, 0.1) is 5.75 Å². The smallest absolute Gasteiger partial charge is 0.227 e. The second-order valence-electron chi connectivity index (χ2n) is 8.23. The zero-order valence-corrected chi connectivity index (χ0v) is 19.6. The summed E-state index contributed by atoms with van der Waals surface area (Å²) in [7, 11) is -1.27. The Morgan fingerprint density at radius 2 is 1.61 bits per heavy atom. The van der Waals surface area contributed by atoms with E-state index < -0.39 is 10.0 Å². The second kappa shape index (κ2) is 9.28. The molecule has 0 bridgehead atoms. The van der Waals surface area contributed by atoms with Crippen LogP contribution in [0.15, 0.2) is 30.3 Å². The minimum atomic E-state index is -3.40. The number of anilines is 2. The molecule has 2 aliphatic rings. The quantitative estimate of drug-likeness (QED) is 0.668. The van der Waals surface area contributed by atoms with Crippen molar-refractivity contribution in [2.75, 3.05) is 69.2 Å². The molecule has 0 amide bonds. The molecule has 8 nitrogen and oxygen atoms in total. The van der Waals surface area contributed by atoms with Crippen LogP contribution >= 0.6 is 11.6 Å². The molecular formula is C21H29ClN6O2S. The van der Waals surface area contributed by atoms with Gasteiger partial charge in [-0.25, -0.2) is 13.4 Å². The van der Waals surface area contributed by atoms with Crippen molar-refractivity contribution in [3.63, 3.8) is 0 Å². The number of rotatable bonds is 5. The number of hydrogen-bond acceptors (Lipinski definition) is 7. The van der Waals surface area contributed by atoms with Crippen molar-refractivity contribution in [3.05, 3.63) is 46.6 Å². The molecule has 0 aliphatic carbocycles. The van der Waals surface area contributed by atoms with Crippen molar-refractivity contribution >= 4 is 33.4 Å². The molecule has 0 unspecified atom stereocenters. The molecule has 1 aromatic heterocycles. The highest BCUT2D eigenvalue weighted by Gasteiger charge is 2.28. The van der Waals surface area contributed by atoms with Crippen molar-refractivity contribution in [1.29, 1.82) is 0 Å². The molecule has 10 heteroatoms. The van der Waals surface area contributed by atoms with Gasteiger partial charge in [-0.1, -0.05) is 23.7 Å². The van der Waals surface area contributed by atoms with Gasteiger partial charge in [0, 0.05) is 69.1 Å². The molecule has 3 heterocycles. The van der Waals surface area contributed by atoms with Crippen molar-refractivity contribution in [3.8, 4) is 0 Å². The van der Waals surface area contributed by atoms with Crippen molar-refractivity contribution in [1.82, 2.24) is 19.2 Å². The lowest BCUT2D eigenvalue weighted by molar-refractivity contribution is 0.312. The van der Waals surface area contributed by atoms with Crippen molar-refractivity contribution in [2.45, 2.75) is 12.7 Å². The van der Waals surface area contributed by atoms with E-state index in [0.717, 1.165) is 37.7 Å². The standard InChI is InChI=1S/C21H29ClN6O2S/c1-17-14-20(26-8-6-25(2)7-9-26)24-21(23-17)27-10-12-28(13-11-27)31(29,30)16-18-4-3-5-19(22)15-18/h3-5,14-15H,6-13,16H2,1-2H3. The highest BCUT2D eigenvalue weighted by atomic mass is 35.5. The predicted octanol–water partition coefficient (Wildman–Crippen LogP) is 1.84. The van der Waals surface area contributed by atoms with E-state index in [1.165, 1.54) is 0 Å². The first-order valence-electron chi connectivity index (χ1n) is 10.6. The molecule has 2 aromatic rings. The third-order valence-electron chi connectivity index (χ3n) is 5.81. The molecule has 0 radical (unpaired) electrons. The van der Waals surface area contributed by atoms with Gasteiger partial charge in [-0.2, -0.15) is 9.29 Å². The monoisotopic (exact) mass is 464 g/mol. The number of aryl methyl sites for hydroxylation is 1. The van der Waals surface area contributed by atoms with Crippen LogP contribution in [-0.4, -0.2) is 87.0 Å². The summed E-state index contributed by atoms with van der Waals surface area (Å²) in [5.41, 5.74) is 1.63. The van der Waals surface area contributed by atoms with Crippen molar-refractivity contribution in [2.24, 2.45) is 0 Å². The fourth-order valence-corrected chi connectivity index (χ4v) is 5.69. The predicted molar refractivity (Wildman–Crippen MR) is 124 cm³/mol.